The van der Waals surface area contributed by atoms with Crippen molar-refractivity contribution in [2.75, 3.05) is 20.6 Å². The third kappa shape index (κ3) is 6.32. The number of benzene rings is 3. The Morgan fingerprint density at radius 3 is 2.19 bits per heavy atom. The first-order valence-corrected chi connectivity index (χ1v) is 17.7. The summed E-state index contributed by atoms with van der Waals surface area (Å²) in [6, 6.07) is 17.5. The Morgan fingerprint density at radius 2 is 1.58 bits per heavy atom. The fraction of sp³-hybridized carbons (Fsp3) is 0.390. The number of nitrogens with zero attached hydrogens (tertiary/aromatic N) is 2. The lowest BCUT2D eigenvalue weighted by molar-refractivity contribution is -0.0560. The molecule has 7 rings (SSSR count). The van der Waals surface area contributed by atoms with E-state index < -0.39 is 52.4 Å². The SMILES string of the molecule is CN(C)[C@@H]1c2onc(OCc3ccccc3)c2C(=O)[C@@]2(O)C(O)=C3C(=O)c4c(c(F)c(F)c(CNCC(C)(C)C)c4OCc4ccccc4)C[C@H]3C[C@@H]12. The Bertz CT molecular complexity index is 2090. The zero-order chi connectivity index (χ0) is 37.8. The normalized spacial score (nSPS) is 22.3. The first-order valence-electron chi connectivity index (χ1n) is 17.7. The minimum absolute atomic E-state index is 0.0356. The van der Waals surface area contributed by atoms with Crippen LogP contribution in [0.25, 0.3) is 0 Å². The molecule has 0 radical (unpaired) electrons. The summed E-state index contributed by atoms with van der Waals surface area (Å²) in [6.45, 7) is 6.28. The zero-order valence-electron chi connectivity index (χ0n) is 30.3. The van der Waals surface area contributed by atoms with Gasteiger partial charge in [0.2, 0.25) is 5.78 Å². The number of carbonyl (C=O) groups excluding carboxylic acids is 2. The number of fused-ring (bicyclic) bond motifs is 4. The largest absolute Gasteiger partial charge is 0.508 e. The standard InChI is InChI=1S/C41H43F2N3O7/c1-40(2,3)21-44-18-26-32(43)31(42)25-16-24-17-27-33(46(4)5)36-30(39(45-53-36)52-20-23-14-10-7-11-15-23)38(49)41(27,50)37(48)28(24)34(47)29(25)35(26)51-19-22-12-8-6-9-13-22/h6-15,24,27,33,44,48,50H,16-21H2,1-5H3/t24-,27-,33-,41-/m0/s1. The zero-order valence-corrected chi connectivity index (χ0v) is 30.3. The number of ether oxygens (including phenoxy) is 2. The highest BCUT2D eigenvalue weighted by molar-refractivity contribution is 6.16. The molecule has 0 fully saturated rings. The predicted molar refractivity (Wildman–Crippen MR) is 191 cm³/mol. The lowest BCUT2D eigenvalue weighted by Gasteiger charge is -2.49. The number of rotatable bonds is 10. The van der Waals surface area contributed by atoms with Crippen LogP contribution in [0, 0.1) is 28.9 Å². The van der Waals surface area contributed by atoms with Crippen LogP contribution < -0.4 is 14.8 Å². The molecule has 1 aromatic heterocycles. The smallest absolute Gasteiger partial charge is 0.265 e. The number of hydrogen-bond acceptors (Lipinski definition) is 10. The van der Waals surface area contributed by atoms with Gasteiger partial charge in [-0.15, -0.1) is 0 Å². The fourth-order valence-electron chi connectivity index (χ4n) is 7.96. The topological polar surface area (TPSA) is 134 Å². The minimum Gasteiger partial charge on any atom is -0.508 e. The van der Waals surface area contributed by atoms with Crippen molar-refractivity contribution in [3.63, 3.8) is 0 Å². The van der Waals surface area contributed by atoms with Gasteiger partial charge in [-0.25, -0.2) is 8.78 Å². The van der Waals surface area contributed by atoms with Crippen LogP contribution in [0.3, 0.4) is 0 Å². The van der Waals surface area contributed by atoms with E-state index >= 15 is 8.78 Å². The molecule has 53 heavy (non-hydrogen) atoms. The van der Waals surface area contributed by atoms with Crippen LogP contribution in [0.5, 0.6) is 11.6 Å². The average Bonchev–Trinajstić information content (AvgIpc) is 3.54. The van der Waals surface area contributed by atoms with Crippen molar-refractivity contribution in [2.45, 2.75) is 65.0 Å². The average molecular weight is 728 g/mol. The highest BCUT2D eigenvalue weighted by Gasteiger charge is 2.64. The Kier molecular flexibility index (Phi) is 9.50. The number of halogens is 2. The van der Waals surface area contributed by atoms with E-state index in [0.717, 1.165) is 11.1 Å². The van der Waals surface area contributed by atoms with Crippen LogP contribution in [0.15, 0.2) is 76.5 Å². The van der Waals surface area contributed by atoms with Crippen LogP contribution in [0.1, 0.15) is 82.0 Å². The molecule has 1 heterocycles. The van der Waals surface area contributed by atoms with Gasteiger partial charge >= 0.3 is 0 Å². The first-order chi connectivity index (χ1) is 25.2. The molecule has 0 bridgehead atoms. The van der Waals surface area contributed by atoms with Crippen molar-refractivity contribution >= 4 is 11.6 Å². The molecule has 0 aliphatic heterocycles. The lowest BCUT2D eigenvalue weighted by atomic mass is 9.58. The summed E-state index contributed by atoms with van der Waals surface area (Å²) >= 11 is 0. The van der Waals surface area contributed by atoms with Crippen LogP contribution in [0.4, 0.5) is 8.78 Å². The molecule has 12 heteroatoms. The highest BCUT2D eigenvalue weighted by Crippen LogP contribution is 2.57. The Hall–Kier alpha value is -4.91. The van der Waals surface area contributed by atoms with E-state index in [1.165, 1.54) is 0 Å². The van der Waals surface area contributed by atoms with Gasteiger partial charge in [0, 0.05) is 35.7 Å². The van der Waals surface area contributed by atoms with Gasteiger partial charge in [-0.3, -0.25) is 14.5 Å². The molecule has 10 nitrogen and oxygen atoms in total. The van der Waals surface area contributed by atoms with Gasteiger partial charge in [0.25, 0.3) is 5.88 Å². The van der Waals surface area contributed by atoms with E-state index in [4.69, 9.17) is 14.0 Å². The van der Waals surface area contributed by atoms with Crippen molar-refractivity contribution < 1.29 is 42.6 Å². The molecule has 4 atom stereocenters. The number of carbonyl (C=O) groups is 2. The van der Waals surface area contributed by atoms with Gasteiger partial charge < -0.3 is 29.5 Å². The number of nitrogens with one attached hydrogen (secondary N) is 1. The summed E-state index contributed by atoms with van der Waals surface area (Å²) in [7, 11) is 3.44. The fourth-order valence-corrected chi connectivity index (χ4v) is 7.96. The van der Waals surface area contributed by atoms with E-state index in [1.54, 1.807) is 31.1 Å². The molecule has 278 valence electrons. The molecule has 0 amide bonds. The molecule has 3 N–H and O–H groups in total. The summed E-state index contributed by atoms with van der Waals surface area (Å²) in [5.41, 5.74) is -2.20. The van der Waals surface area contributed by atoms with Gasteiger partial charge in [-0.2, -0.15) is 0 Å². The number of aromatic nitrogens is 1. The molecule has 3 aliphatic carbocycles. The molecular weight excluding hydrogens is 684 g/mol. The monoisotopic (exact) mass is 727 g/mol. The number of ketones is 2. The van der Waals surface area contributed by atoms with Crippen LogP contribution in [-0.2, 0) is 26.2 Å². The summed E-state index contributed by atoms with van der Waals surface area (Å²) in [5.74, 6) is -6.99. The first kappa shape index (κ1) is 36.4. The maximum Gasteiger partial charge on any atom is 0.265 e. The van der Waals surface area contributed by atoms with Crippen molar-refractivity contribution in [3.8, 4) is 11.6 Å². The van der Waals surface area contributed by atoms with E-state index in [9.17, 15) is 19.8 Å². The molecule has 0 saturated heterocycles. The van der Waals surface area contributed by atoms with E-state index in [2.05, 4.69) is 10.5 Å². The molecule has 0 spiro atoms. The third-order valence-corrected chi connectivity index (χ3v) is 10.4. The molecular formula is C41H43F2N3O7. The molecule has 0 saturated carbocycles. The number of aliphatic hydroxyl groups is 2. The maximum atomic E-state index is 16.2. The van der Waals surface area contributed by atoms with E-state index in [-0.39, 0.29) is 83.2 Å². The van der Waals surface area contributed by atoms with Crippen LogP contribution in [0.2, 0.25) is 0 Å². The van der Waals surface area contributed by atoms with E-state index in [0.29, 0.717) is 6.54 Å². The van der Waals surface area contributed by atoms with Crippen molar-refractivity contribution in [2.24, 2.45) is 17.3 Å². The molecule has 3 aliphatic rings. The van der Waals surface area contributed by atoms with Gasteiger partial charge in [-0.05, 0) is 54.6 Å². The number of aliphatic hydroxyl groups excluding tert-OH is 1. The maximum absolute atomic E-state index is 16.2. The highest BCUT2D eigenvalue weighted by atomic mass is 19.2. The number of hydrogen-bond donors (Lipinski definition) is 3. The Labute approximate surface area is 306 Å². The van der Waals surface area contributed by atoms with Crippen molar-refractivity contribution in [3.05, 3.63) is 123 Å². The van der Waals surface area contributed by atoms with Gasteiger partial charge in [0.1, 0.15) is 30.3 Å². The molecule has 4 aromatic rings. The van der Waals surface area contributed by atoms with Gasteiger partial charge in [0.05, 0.1) is 11.6 Å². The van der Waals surface area contributed by atoms with Gasteiger partial charge in [-0.1, -0.05) is 81.4 Å². The predicted octanol–water partition coefficient (Wildman–Crippen LogP) is 6.66. The minimum atomic E-state index is -2.59. The summed E-state index contributed by atoms with van der Waals surface area (Å²) in [4.78, 5) is 30.9. The molecule has 3 aromatic carbocycles. The second-order valence-corrected chi connectivity index (χ2v) is 15.6. The summed E-state index contributed by atoms with van der Waals surface area (Å²) in [6.07, 6.45) is -0.220. The van der Waals surface area contributed by atoms with Crippen LogP contribution in [-0.4, -0.2) is 58.1 Å². The second-order valence-electron chi connectivity index (χ2n) is 15.6. The van der Waals surface area contributed by atoms with E-state index in [1.807, 2.05) is 69.3 Å². The van der Waals surface area contributed by atoms with Crippen molar-refractivity contribution in [1.82, 2.24) is 15.4 Å². The van der Waals surface area contributed by atoms with Crippen LogP contribution >= 0.6 is 0 Å². The second kappa shape index (κ2) is 13.8. The van der Waals surface area contributed by atoms with Crippen molar-refractivity contribution in [1.29, 1.82) is 0 Å². The summed E-state index contributed by atoms with van der Waals surface area (Å²) < 4.78 is 50.1. The number of allylic oxidation sites excluding steroid dienone is 1. The quantitative estimate of drug-likeness (QED) is 0.163. The third-order valence-electron chi connectivity index (χ3n) is 10.4. The Morgan fingerprint density at radius 1 is 0.962 bits per heavy atom. The number of Topliss-reactive ketones (excluding diaryl/α,β-unsaturated/α-hetero) is 2. The Balaban J connectivity index is 1.33. The molecule has 0 unspecified atom stereocenters. The van der Waals surface area contributed by atoms with Gasteiger partial charge in [0.15, 0.2) is 28.8 Å². The summed E-state index contributed by atoms with van der Waals surface area (Å²) in [5, 5.41) is 31.7. The lowest BCUT2D eigenvalue weighted by Crippen LogP contribution is -2.59.